The van der Waals surface area contributed by atoms with Crippen molar-refractivity contribution in [1.29, 1.82) is 0 Å². The van der Waals surface area contributed by atoms with Gasteiger partial charge < -0.3 is 10.2 Å². The highest BCUT2D eigenvalue weighted by Gasteiger charge is 2.15. The summed E-state index contributed by atoms with van der Waals surface area (Å²) in [4.78, 5) is 21.3. The fraction of sp³-hybridized carbons (Fsp3) is 0.846. The van der Waals surface area contributed by atoms with Crippen molar-refractivity contribution in [2.45, 2.75) is 58.8 Å². The average molecular weight is 244 g/mol. The molecular weight excluding hydrogens is 220 g/mol. The van der Waals surface area contributed by atoms with E-state index in [2.05, 4.69) is 0 Å². The number of carbonyl (C=O) groups is 2. The summed E-state index contributed by atoms with van der Waals surface area (Å²) < 4.78 is 0. The molecule has 0 saturated carbocycles. The molecule has 0 fully saturated rings. The summed E-state index contributed by atoms with van der Waals surface area (Å²) in [6.45, 7) is 3.89. The first-order chi connectivity index (χ1) is 8.01. The Bertz CT molecular complexity index is 238. The molecule has 0 aromatic heterocycles. The van der Waals surface area contributed by atoms with Crippen LogP contribution in [0.2, 0.25) is 0 Å². The van der Waals surface area contributed by atoms with Crippen molar-refractivity contribution >= 4 is 11.9 Å². The van der Waals surface area contributed by atoms with Crippen LogP contribution >= 0.6 is 0 Å². The van der Waals surface area contributed by atoms with Crippen LogP contribution in [0, 0.1) is 11.8 Å². The highest BCUT2D eigenvalue weighted by molar-refractivity contribution is 5.69. The van der Waals surface area contributed by atoms with Crippen LogP contribution in [-0.2, 0) is 9.59 Å². The minimum atomic E-state index is -0.742. The van der Waals surface area contributed by atoms with Crippen molar-refractivity contribution in [3.63, 3.8) is 0 Å². The second-order valence-corrected chi connectivity index (χ2v) is 4.60. The second-order valence-electron chi connectivity index (χ2n) is 4.60. The molecule has 2 unspecified atom stereocenters. The molecule has 2 N–H and O–H groups in total. The summed E-state index contributed by atoms with van der Waals surface area (Å²) in [7, 11) is 0. The lowest BCUT2D eigenvalue weighted by Gasteiger charge is -2.13. The fourth-order valence-electron chi connectivity index (χ4n) is 2.02. The molecule has 0 aromatic rings. The molecule has 0 aliphatic heterocycles. The number of carboxylic acids is 2. The van der Waals surface area contributed by atoms with E-state index in [9.17, 15) is 9.59 Å². The first kappa shape index (κ1) is 15.9. The predicted octanol–water partition coefficient (Wildman–Crippen LogP) is 3.16. The molecule has 4 heteroatoms. The molecule has 0 amide bonds. The third-order valence-electron chi connectivity index (χ3n) is 3.30. The molecule has 0 aliphatic rings. The van der Waals surface area contributed by atoms with Gasteiger partial charge in [-0.2, -0.15) is 0 Å². The molecule has 0 aromatic carbocycles. The van der Waals surface area contributed by atoms with Gasteiger partial charge in [0.25, 0.3) is 0 Å². The second kappa shape index (κ2) is 9.02. The molecule has 0 bridgehead atoms. The number of unbranched alkanes of at least 4 members (excludes halogenated alkanes) is 1. The molecule has 0 rings (SSSR count). The maximum Gasteiger partial charge on any atom is 0.306 e. The van der Waals surface area contributed by atoms with Gasteiger partial charge in [0.1, 0.15) is 0 Å². The Morgan fingerprint density at radius 3 is 2.00 bits per heavy atom. The van der Waals surface area contributed by atoms with Crippen LogP contribution in [-0.4, -0.2) is 22.2 Å². The number of carboxylic acid groups (broad SMARTS) is 2. The number of aliphatic carboxylic acids is 2. The van der Waals surface area contributed by atoms with Crippen LogP contribution < -0.4 is 0 Å². The molecule has 0 heterocycles. The Labute approximate surface area is 103 Å². The predicted molar refractivity (Wildman–Crippen MR) is 65.9 cm³/mol. The molecule has 0 radical (unpaired) electrons. The molecule has 4 nitrogen and oxygen atoms in total. The zero-order valence-corrected chi connectivity index (χ0v) is 10.8. The van der Waals surface area contributed by atoms with Gasteiger partial charge in [-0.15, -0.1) is 0 Å². The van der Waals surface area contributed by atoms with Crippen LogP contribution in [0.25, 0.3) is 0 Å². The third-order valence-corrected chi connectivity index (χ3v) is 3.30. The quantitative estimate of drug-likeness (QED) is 0.579. The smallest absolute Gasteiger partial charge is 0.306 e. The van der Waals surface area contributed by atoms with Gasteiger partial charge in [0.2, 0.25) is 0 Å². The van der Waals surface area contributed by atoms with E-state index in [-0.39, 0.29) is 18.3 Å². The zero-order chi connectivity index (χ0) is 13.3. The van der Waals surface area contributed by atoms with Gasteiger partial charge in [-0.1, -0.05) is 33.1 Å². The summed E-state index contributed by atoms with van der Waals surface area (Å²) in [6.07, 6.45) is 5.17. The molecule has 0 spiro atoms. The van der Waals surface area contributed by atoms with E-state index >= 15 is 0 Å². The highest BCUT2D eigenvalue weighted by atomic mass is 16.4. The summed E-state index contributed by atoms with van der Waals surface area (Å²) in [5, 5.41) is 17.6. The van der Waals surface area contributed by atoms with Crippen molar-refractivity contribution in [1.82, 2.24) is 0 Å². The molecule has 2 atom stereocenters. The normalized spacial score (nSPS) is 14.2. The Morgan fingerprint density at radius 2 is 1.59 bits per heavy atom. The SMILES string of the molecule is CCC(CCCCC(CC)C(=O)O)CC(=O)O. The van der Waals surface area contributed by atoms with Crippen molar-refractivity contribution in [3.8, 4) is 0 Å². The minimum absolute atomic E-state index is 0.229. The van der Waals surface area contributed by atoms with E-state index in [0.29, 0.717) is 12.8 Å². The van der Waals surface area contributed by atoms with Crippen molar-refractivity contribution in [2.75, 3.05) is 0 Å². The maximum atomic E-state index is 10.8. The topological polar surface area (TPSA) is 74.6 Å². The first-order valence-corrected chi connectivity index (χ1v) is 6.45. The minimum Gasteiger partial charge on any atom is -0.481 e. The zero-order valence-electron chi connectivity index (χ0n) is 10.8. The monoisotopic (exact) mass is 244 g/mol. The van der Waals surface area contributed by atoms with Gasteiger partial charge in [-0.05, 0) is 25.2 Å². The van der Waals surface area contributed by atoms with Crippen molar-refractivity contribution in [3.05, 3.63) is 0 Å². The molecule has 100 valence electrons. The van der Waals surface area contributed by atoms with E-state index in [1.165, 1.54) is 0 Å². The highest BCUT2D eigenvalue weighted by Crippen LogP contribution is 2.20. The Morgan fingerprint density at radius 1 is 1.00 bits per heavy atom. The summed E-state index contributed by atoms with van der Waals surface area (Å²) in [5.41, 5.74) is 0. The average Bonchev–Trinajstić information content (AvgIpc) is 2.26. The molecule has 0 saturated heterocycles. The lowest BCUT2D eigenvalue weighted by atomic mass is 9.93. The number of rotatable bonds is 10. The van der Waals surface area contributed by atoms with Crippen LogP contribution in [0.1, 0.15) is 58.8 Å². The van der Waals surface area contributed by atoms with E-state index in [1.807, 2.05) is 13.8 Å². The number of hydrogen-bond donors (Lipinski definition) is 2. The lowest BCUT2D eigenvalue weighted by Crippen LogP contribution is -2.12. The third kappa shape index (κ3) is 7.77. The molecular formula is C13H24O4. The standard InChI is InChI=1S/C13H24O4/c1-3-10(9-12(14)15)7-5-6-8-11(4-2)13(16)17/h10-11H,3-9H2,1-2H3,(H,14,15)(H,16,17). The Hall–Kier alpha value is -1.06. The van der Waals surface area contributed by atoms with Crippen LogP contribution in [0.5, 0.6) is 0 Å². The maximum absolute atomic E-state index is 10.8. The van der Waals surface area contributed by atoms with Crippen molar-refractivity contribution < 1.29 is 19.8 Å². The lowest BCUT2D eigenvalue weighted by molar-refractivity contribution is -0.142. The van der Waals surface area contributed by atoms with Gasteiger partial charge >= 0.3 is 11.9 Å². The fourth-order valence-corrected chi connectivity index (χ4v) is 2.02. The van der Waals surface area contributed by atoms with Gasteiger partial charge in [-0.25, -0.2) is 0 Å². The molecule has 0 aliphatic carbocycles. The van der Waals surface area contributed by atoms with Gasteiger partial charge in [0, 0.05) is 6.42 Å². The van der Waals surface area contributed by atoms with E-state index < -0.39 is 11.9 Å². The molecule has 17 heavy (non-hydrogen) atoms. The van der Waals surface area contributed by atoms with Crippen LogP contribution in [0.4, 0.5) is 0 Å². The number of hydrogen-bond acceptors (Lipinski definition) is 2. The van der Waals surface area contributed by atoms with Crippen molar-refractivity contribution in [2.24, 2.45) is 11.8 Å². The van der Waals surface area contributed by atoms with Gasteiger partial charge in [0.05, 0.1) is 5.92 Å². The van der Waals surface area contributed by atoms with E-state index in [1.54, 1.807) is 0 Å². The Kier molecular flexibility index (Phi) is 8.46. The van der Waals surface area contributed by atoms with E-state index in [4.69, 9.17) is 10.2 Å². The largest absolute Gasteiger partial charge is 0.481 e. The van der Waals surface area contributed by atoms with Crippen LogP contribution in [0.15, 0.2) is 0 Å². The summed E-state index contributed by atoms with van der Waals surface area (Å²) in [6, 6.07) is 0. The summed E-state index contributed by atoms with van der Waals surface area (Å²) >= 11 is 0. The summed E-state index contributed by atoms with van der Waals surface area (Å²) in [5.74, 6) is -1.47. The van der Waals surface area contributed by atoms with Gasteiger partial charge in [-0.3, -0.25) is 9.59 Å². The Balaban J connectivity index is 3.74. The van der Waals surface area contributed by atoms with Gasteiger partial charge in [0.15, 0.2) is 0 Å². The van der Waals surface area contributed by atoms with Crippen LogP contribution in [0.3, 0.4) is 0 Å². The van der Waals surface area contributed by atoms with E-state index in [0.717, 1.165) is 25.7 Å². The first-order valence-electron chi connectivity index (χ1n) is 6.45.